The lowest BCUT2D eigenvalue weighted by molar-refractivity contribution is -0.128. The van der Waals surface area contributed by atoms with Gasteiger partial charge in [0.05, 0.1) is 15.7 Å². The van der Waals surface area contributed by atoms with Crippen molar-refractivity contribution in [3.05, 3.63) is 20.3 Å². The number of amides is 1. The summed E-state index contributed by atoms with van der Waals surface area (Å²) in [5.41, 5.74) is 6.66. The molecule has 1 amide bonds. The van der Waals surface area contributed by atoms with Crippen molar-refractivity contribution in [1.82, 2.24) is 4.90 Å². The number of aryl methyl sites for hydroxylation is 1. The Morgan fingerprint density at radius 1 is 1.61 bits per heavy atom. The van der Waals surface area contributed by atoms with Gasteiger partial charge < -0.3 is 5.73 Å². The van der Waals surface area contributed by atoms with Crippen molar-refractivity contribution in [3.63, 3.8) is 0 Å². The number of fused-ring (bicyclic) bond motifs is 2. The molecule has 1 aliphatic heterocycles. The lowest BCUT2D eigenvalue weighted by atomic mass is 9.77. The summed E-state index contributed by atoms with van der Waals surface area (Å²) in [4.78, 5) is 19.5. The molecule has 2 N–H and O–H groups in total. The zero-order valence-corrected chi connectivity index (χ0v) is 12.5. The van der Waals surface area contributed by atoms with Crippen LogP contribution >= 0.6 is 27.3 Å². The Balaban J connectivity index is 2.14. The van der Waals surface area contributed by atoms with Crippen LogP contribution in [0, 0.1) is 0 Å². The van der Waals surface area contributed by atoms with Gasteiger partial charge in [-0.05, 0) is 46.8 Å². The minimum Gasteiger partial charge on any atom is -0.369 e. The third kappa shape index (κ3) is 1.70. The summed E-state index contributed by atoms with van der Waals surface area (Å²) in [5, 5.41) is 0. The van der Waals surface area contributed by atoms with Crippen LogP contribution < -0.4 is 5.73 Å². The highest BCUT2D eigenvalue weighted by Gasteiger charge is 2.43. The van der Waals surface area contributed by atoms with Crippen LogP contribution in [-0.2, 0) is 16.8 Å². The number of thiophene rings is 1. The lowest BCUT2D eigenvalue weighted by Crippen LogP contribution is -2.49. The number of carbonyl (C=O) groups is 1. The van der Waals surface area contributed by atoms with E-state index in [9.17, 15) is 4.79 Å². The van der Waals surface area contributed by atoms with Crippen LogP contribution in [0.3, 0.4) is 0 Å². The average Bonchev–Trinajstić information content (AvgIpc) is 2.68. The van der Waals surface area contributed by atoms with Crippen LogP contribution in [0.25, 0.3) is 0 Å². The predicted octanol–water partition coefficient (Wildman–Crippen LogP) is 2.22. The SMILES string of the molecule is CN1C(=O)CC2(CCCc3sc(Br)cc32)N=C1N. The number of halogens is 1. The van der Waals surface area contributed by atoms with Gasteiger partial charge in [-0.1, -0.05) is 0 Å². The first-order chi connectivity index (χ1) is 8.52. The third-order valence-electron chi connectivity index (χ3n) is 3.76. The van der Waals surface area contributed by atoms with Crippen LogP contribution in [0.5, 0.6) is 0 Å². The number of carbonyl (C=O) groups excluding carboxylic acids is 1. The molecule has 6 heteroatoms. The van der Waals surface area contributed by atoms with Gasteiger partial charge in [0.25, 0.3) is 0 Å². The van der Waals surface area contributed by atoms with Crippen molar-refractivity contribution in [2.45, 2.75) is 31.2 Å². The molecule has 96 valence electrons. The normalized spacial score (nSPS) is 27.3. The first-order valence-electron chi connectivity index (χ1n) is 5.92. The van der Waals surface area contributed by atoms with E-state index in [1.165, 1.54) is 15.3 Å². The van der Waals surface area contributed by atoms with E-state index in [1.807, 2.05) is 0 Å². The van der Waals surface area contributed by atoms with E-state index >= 15 is 0 Å². The number of hydrogen-bond donors (Lipinski definition) is 1. The molecule has 2 heterocycles. The Kier molecular flexibility index (Phi) is 2.75. The van der Waals surface area contributed by atoms with E-state index in [1.54, 1.807) is 18.4 Å². The summed E-state index contributed by atoms with van der Waals surface area (Å²) in [6.45, 7) is 0. The van der Waals surface area contributed by atoms with E-state index in [0.29, 0.717) is 12.4 Å². The highest BCUT2D eigenvalue weighted by molar-refractivity contribution is 9.11. The third-order valence-corrected chi connectivity index (χ3v) is 5.46. The molecule has 0 radical (unpaired) electrons. The van der Waals surface area contributed by atoms with E-state index in [2.05, 4.69) is 27.0 Å². The predicted molar refractivity (Wildman–Crippen MR) is 75.6 cm³/mol. The molecular weight excluding hydrogens is 314 g/mol. The van der Waals surface area contributed by atoms with Gasteiger partial charge in [-0.2, -0.15) is 0 Å². The number of aliphatic imine (C=N–C) groups is 1. The van der Waals surface area contributed by atoms with Crippen LogP contribution in [-0.4, -0.2) is 23.8 Å². The van der Waals surface area contributed by atoms with E-state index in [4.69, 9.17) is 5.73 Å². The topological polar surface area (TPSA) is 58.7 Å². The minimum absolute atomic E-state index is 0.0534. The molecule has 1 aromatic heterocycles. The van der Waals surface area contributed by atoms with Crippen molar-refractivity contribution >= 4 is 39.1 Å². The Morgan fingerprint density at radius 3 is 3.11 bits per heavy atom. The van der Waals surface area contributed by atoms with Crippen molar-refractivity contribution in [1.29, 1.82) is 0 Å². The Hall–Kier alpha value is -0.880. The number of rotatable bonds is 0. The number of hydrogen-bond acceptors (Lipinski definition) is 4. The van der Waals surface area contributed by atoms with Gasteiger partial charge >= 0.3 is 0 Å². The van der Waals surface area contributed by atoms with Crippen molar-refractivity contribution in [3.8, 4) is 0 Å². The Labute approximate surface area is 118 Å². The first kappa shape index (κ1) is 12.2. The molecule has 0 saturated heterocycles. The standard InChI is InChI=1S/C12H14BrN3OS/c1-16-10(17)6-12(15-11(16)14)4-2-3-8-7(12)5-9(13)18-8/h5H,2-4,6H2,1H3,(H2,14,15). The second kappa shape index (κ2) is 4.06. The zero-order valence-electron chi connectivity index (χ0n) is 10.1. The van der Waals surface area contributed by atoms with Crippen LogP contribution in [0.15, 0.2) is 14.8 Å². The summed E-state index contributed by atoms with van der Waals surface area (Å²) in [5.74, 6) is 0.388. The Morgan fingerprint density at radius 2 is 2.39 bits per heavy atom. The monoisotopic (exact) mass is 327 g/mol. The molecular formula is C12H14BrN3OS. The number of guanidine groups is 1. The molecule has 18 heavy (non-hydrogen) atoms. The molecule has 1 aliphatic carbocycles. The smallest absolute Gasteiger partial charge is 0.231 e. The van der Waals surface area contributed by atoms with E-state index in [0.717, 1.165) is 23.0 Å². The van der Waals surface area contributed by atoms with Crippen LogP contribution in [0.4, 0.5) is 0 Å². The van der Waals surface area contributed by atoms with E-state index < -0.39 is 5.54 Å². The highest BCUT2D eigenvalue weighted by atomic mass is 79.9. The molecule has 1 atom stereocenters. The van der Waals surface area contributed by atoms with Crippen LogP contribution in [0.2, 0.25) is 0 Å². The molecule has 1 aromatic rings. The molecule has 2 aliphatic rings. The van der Waals surface area contributed by atoms with Gasteiger partial charge in [0.1, 0.15) is 0 Å². The maximum absolute atomic E-state index is 12.1. The molecule has 0 bridgehead atoms. The molecule has 3 rings (SSSR count). The largest absolute Gasteiger partial charge is 0.369 e. The maximum atomic E-state index is 12.1. The van der Waals surface area contributed by atoms with Gasteiger partial charge in [-0.3, -0.25) is 9.69 Å². The van der Waals surface area contributed by atoms with Gasteiger partial charge in [-0.25, -0.2) is 4.99 Å². The molecule has 0 fully saturated rings. The Bertz CT molecular complexity index is 554. The zero-order chi connectivity index (χ0) is 12.9. The van der Waals surface area contributed by atoms with Gasteiger partial charge in [0, 0.05) is 11.9 Å². The maximum Gasteiger partial charge on any atom is 0.231 e. The highest BCUT2D eigenvalue weighted by Crippen LogP contribution is 2.47. The number of nitrogens with zero attached hydrogens (tertiary/aromatic N) is 2. The van der Waals surface area contributed by atoms with Crippen molar-refractivity contribution in [2.75, 3.05) is 7.05 Å². The second-order valence-corrected chi connectivity index (χ2v) is 7.39. The minimum atomic E-state index is -0.413. The lowest BCUT2D eigenvalue weighted by Gasteiger charge is -2.38. The average molecular weight is 328 g/mol. The number of nitrogens with two attached hydrogens (primary N) is 1. The van der Waals surface area contributed by atoms with E-state index in [-0.39, 0.29) is 5.91 Å². The summed E-state index contributed by atoms with van der Waals surface area (Å²) in [6, 6.07) is 2.11. The molecule has 4 nitrogen and oxygen atoms in total. The van der Waals surface area contributed by atoms with Gasteiger partial charge in [-0.15, -0.1) is 11.3 Å². The van der Waals surface area contributed by atoms with Crippen LogP contribution in [0.1, 0.15) is 29.7 Å². The fourth-order valence-electron chi connectivity index (χ4n) is 2.78. The fraction of sp³-hybridized carbons (Fsp3) is 0.500. The summed E-state index contributed by atoms with van der Waals surface area (Å²) in [6.07, 6.45) is 3.48. The molecule has 0 aromatic carbocycles. The molecule has 1 spiro atoms. The first-order valence-corrected chi connectivity index (χ1v) is 7.53. The molecule has 0 saturated carbocycles. The summed E-state index contributed by atoms with van der Waals surface area (Å²) in [7, 11) is 1.68. The summed E-state index contributed by atoms with van der Waals surface area (Å²) >= 11 is 5.27. The van der Waals surface area contributed by atoms with Gasteiger partial charge in [0.2, 0.25) is 5.91 Å². The van der Waals surface area contributed by atoms with Crippen molar-refractivity contribution < 1.29 is 4.79 Å². The van der Waals surface area contributed by atoms with Gasteiger partial charge in [0.15, 0.2) is 5.96 Å². The fourth-order valence-corrected chi connectivity index (χ4v) is 4.61. The molecule has 1 unspecified atom stereocenters. The van der Waals surface area contributed by atoms with Crippen molar-refractivity contribution in [2.24, 2.45) is 10.7 Å². The quantitative estimate of drug-likeness (QED) is 0.794. The summed E-state index contributed by atoms with van der Waals surface area (Å²) < 4.78 is 1.11. The second-order valence-electron chi connectivity index (χ2n) is 4.87.